The fourth-order valence-electron chi connectivity index (χ4n) is 2.04. The van der Waals surface area contributed by atoms with Crippen LogP contribution in [0.15, 0.2) is 0 Å². The van der Waals surface area contributed by atoms with Crippen molar-refractivity contribution in [2.24, 2.45) is 0 Å². The van der Waals surface area contributed by atoms with Crippen molar-refractivity contribution in [3.8, 4) is 0 Å². The number of hydrogen-bond donors (Lipinski definition) is 0. The zero-order valence-corrected chi connectivity index (χ0v) is 7.86. The van der Waals surface area contributed by atoms with Crippen LogP contribution in [0.25, 0.3) is 0 Å². The molecule has 4 nitrogen and oxygen atoms in total. The molecule has 3 aliphatic rings. The molecule has 74 valence electrons. The van der Waals surface area contributed by atoms with E-state index in [0.717, 1.165) is 13.0 Å². The molecule has 3 heterocycles. The van der Waals surface area contributed by atoms with Gasteiger partial charge in [-0.05, 0) is 13.8 Å². The average molecular weight is 186 g/mol. The van der Waals surface area contributed by atoms with Gasteiger partial charge >= 0.3 is 0 Å². The van der Waals surface area contributed by atoms with E-state index in [1.54, 1.807) is 0 Å². The molecule has 0 aromatic carbocycles. The molecule has 3 fully saturated rings. The van der Waals surface area contributed by atoms with E-state index in [1.807, 2.05) is 13.8 Å². The van der Waals surface area contributed by atoms with Gasteiger partial charge in [0, 0.05) is 6.42 Å². The van der Waals surface area contributed by atoms with Gasteiger partial charge in [-0.3, -0.25) is 0 Å². The third-order valence-corrected chi connectivity index (χ3v) is 2.69. The Morgan fingerprint density at radius 3 is 2.46 bits per heavy atom. The van der Waals surface area contributed by atoms with Gasteiger partial charge in [0.25, 0.3) is 0 Å². The van der Waals surface area contributed by atoms with Crippen molar-refractivity contribution in [1.82, 2.24) is 0 Å². The predicted molar refractivity (Wildman–Crippen MR) is 43.1 cm³/mol. The third kappa shape index (κ3) is 1.38. The normalized spacial score (nSPS) is 52.2. The Hall–Kier alpha value is -0.160. The first kappa shape index (κ1) is 8.17. The van der Waals surface area contributed by atoms with Gasteiger partial charge in [0.15, 0.2) is 12.1 Å². The molecule has 0 aromatic rings. The highest BCUT2D eigenvalue weighted by atomic mass is 16.8. The minimum atomic E-state index is -0.481. The number of fused-ring (bicyclic) bond motifs is 1. The molecular weight excluding hydrogens is 172 g/mol. The van der Waals surface area contributed by atoms with Gasteiger partial charge < -0.3 is 18.9 Å². The van der Waals surface area contributed by atoms with Crippen molar-refractivity contribution >= 4 is 0 Å². The van der Waals surface area contributed by atoms with E-state index in [1.165, 1.54) is 0 Å². The lowest BCUT2D eigenvalue weighted by molar-refractivity contribution is -0.206. The average Bonchev–Trinajstić information content (AvgIpc) is 2.71. The van der Waals surface area contributed by atoms with Crippen LogP contribution in [0.2, 0.25) is 0 Å². The molecule has 3 rings (SSSR count). The summed E-state index contributed by atoms with van der Waals surface area (Å²) in [6, 6.07) is 0. The maximum Gasteiger partial charge on any atom is 0.187 e. The summed E-state index contributed by atoms with van der Waals surface area (Å²) < 4.78 is 22.1. The lowest BCUT2D eigenvalue weighted by Gasteiger charge is -2.19. The summed E-state index contributed by atoms with van der Waals surface area (Å²) in [5, 5.41) is 0. The lowest BCUT2D eigenvalue weighted by atomic mass is 10.1. The monoisotopic (exact) mass is 186 g/mol. The van der Waals surface area contributed by atoms with E-state index in [2.05, 4.69) is 0 Å². The Morgan fingerprint density at radius 2 is 1.85 bits per heavy atom. The molecular formula is C9H14O4. The first-order valence-corrected chi connectivity index (χ1v) is 4.77. The highest BCUT2D eigenvalue weighted by molar-refractivity contribution is 4.92. The molecule has 0 amide bonds. The fraction of sp³-hybridized carbons (Fsp3) is 1.00. The van der Waals surface area contributed by atoms with E-state index in [4.69, 9.17) is 18.9 Å². The van der Waals surface area contributed by atoms with Crippen molar-refractivity contribution < 1.29 is 18.9 Å². The van der Waals surface area contributed by atoms with E-state index in [-0.39, 0.29) is 18.5 Å². The fourth-order valence-corrected chi connectivity index (χ4v) is 2.04. The molecule has 4 heteroatoms. The number of ether oxygens (including phenoxy) is 4. The highest BCUT2D eigenvalue weighted by Gasteiger charge is 2.52. The second-order valence-corrected chi connectivity index (χ2v) is 4.32. The van der Waals surface area contributed by atoms with Gasteiger partial charge in [-0.25, -0.2) is 0 Å². The molecule has 4 atom stereocenters. The smallest absolute Gasteiger partial charge is 0.187 e. The molecule has 0 N–H and O–H groups in total. The molecule has 0 spiro atoms. The lowest BCUT2D eigenvalue weighted by Crippen LogP contribution is -2.26. The Balaban J connectivity index is 1.66. The van der Waals surface area contributed by atoms with Crippen molar-refractivity contribution in [3.63, 3.8) is 0 Å². The van der Waals surface area contributed by atoms with Crippen molar-refractivity contribution in [3.05, 3.63) is 0 Å². The Labute approximate surface area is 77.1 Å². The van der Waals surface area contributed by atoms with E-state index in [9.17, 15) is 0 Å². The molecule has 0 aromatic heterocycles. The zero-order chi connectivity index (χ0) is 9.05. The van der Waals surface area contributed by atoms with Crippen LogP contribution in [0.5, 0.6) is 0 Å². The van der Waals surface area contributed by atoms with Crippen LogP contribution in [0.1, 0.15) is 20.3 Å². The van der Waals surface area contributed by atoms with Crippen LogP contribution in [-0.4, -0.2) is 37.0 Å². The topological polar surface area (TPSA) is 40.2 Å². The molecule has 13 heavy (non-hydrogen) atoms. The Bertz CT molecular complexity index is 208. The zero-order valence-electron chi connectivity index (χ0n) is 7.86. The summed E-state index contributed by atoms with van der Waals surface area (Å²) in [5.74, 6) is -0.481. The van der Waals surface area contributed by atoms with Gasteiger partial charge in [-0.2, -0.15) is 0 Å². The summed E-state index contributed by atoms with van der Waals surface area (Å²) in [6.07, 6.45) is 1.30. The van der Waals surface area contributed by atoms with Crippen LogP contribution < -0.4 is 0 Å². The first-order chi connectivity index (χ1) is 6.14. The summed E-state index contributed by atoms with van der Waals surface area (Å²) in [4.78, 5) is 0. The summed E-state index contributed by atoms with van der Waals surface area (Å²) in [5.41, 5.74) is 0. The SMILES string of the molecule is CC1(C)OC2CC(C3CO3)OC2O1. The maximum absolute atomic E-state index is 5.68. The van der Waals surface area contributed by atoms with Crippen LogP contribution >= 0.6 is 0 Å². The molecule has 3 saturated heterocycles. The van der Waals surface area contributed by atoms with E-state index in [0.29, 0.717) is 6.10 Å². The minimum absolute atomic E-state index is 0.101. The molecule has 0 radical (unpaired) electrons. The van der Waals surface area contributed by atoms with E-state index < -0.39 is 5.79 Å². The van der Waals surface area contributed by atoms with Crippen LogP contribution in [-0.2, 0) is 18.9 Å². The van der Waals surface area contributed by atoms with Gasteiger partial charge in [0.05, 0.1) is 12.7 Å². The molecule has 0 bridgehead atoms. The van der Waals surface area contributed by atoms with Crippen LogP contribution in [0, 0.1) is 0 Å². The van der Waals surface area contributed by atoms with Crippen molar-refractivity contribution in [2.75, 3.05) is 6.61 Å². The standard InChI is InChI=1S/C9H14O4/c1-9(2)12-6-3-5(7-4-10-7)11-8(6)13-9/h5-8H,3-4H2,1-2H3. The first-order valence-electron chi connectivity index (χ1n) is 4.77. The van der Waals surface area contributed by atoms with E-state index >= 15 is 0 Å². The summed E-state index contributed by atoms with van der Waals surface area (Å²) in [6.45, 7) is 4.65. The van der Waals surface area contributed by atoms with Gasteiger partial charge in [-0.1, -0.05) is 0 Å². The quantitative estimate of drug-likeness (QED) is 0.564. The van der Waals surface area contributed by atoms with Gasteiger partial charge in [0.1, 0.15) is 12.2 Å². The maximum atomic E-state index is 5.68. The number of hydrogen-bond acceptors (Lipinski definition) is 4. The third-order valence-electron chi connectivity index (χ3n) is 2.69. The second kappa shape index (κ2) is 2.45. The molecule has 0 aliphatic carbocycles. The van der Waals surface area contributed by atoms with Gasteiger partial charge in [0.2, 0.25) is 0 Å². The van der Waals surface area contributed by atoms with Gasteiger partial charge in [-0.15, -0.1) is 0 Å². The Morgan fingerprint density at radius 1 is 1.08 bits per heavy atom. The van der Waals surface area contributed by atoms with Crippen LogP contribution in [0.4, 0.5) is 0 Å². The largest absolute Gasteiger partial charge is 0.370 e. The molecule has 0 saturated carbocycles. The number of epoxide rings is 1. The predicted octanol–water partition coefficient (Wildman–Crippen LogP) is 0.652. The summed E-state index contributed by atoms with van der Waals surface area (Å²) in [7, 11) is 0. The number of rotatable bonds is 1. The second-order valence-electron chi connectivity index (χ2n) is 4.32. The molecule has 3 aliphatic heterocycles. The van der Waals surface area contributed by atoms with Crippen molar-refractivity contribution in [2.45, 2.75) is 50.7 Å². The van der Waals surface area contributed by atoms with Crippen molar-refractivity contribution in [1.29, 1.82) is 0 Å². The Kier molecular flexibility index (Phi) is 1.54. The highest BCUT2D eigenvalue weighted by Crippen LogP contribution is 2.39. The minimum Gasteiger partial charge on any atom is -0.370 e. The molecule has 4 unspecified atom stereocenters. The summed E-state index contributed by atoms with van der Waals surface area (Å²) >= 11 is 0. The van der Waals surface area contributed by atoms with Crippen LogP contribution in [0.3, 0.4) is 0 Å².